The number of carbonyl (C=O) groups excluding carboxylic acids is 1. The molecule has 1 unspecified atom stereocenters. The molecule has 0 saturated heterocycles. The van der Waals surface area contributed by atoms with E-state index < -0.39 is 0 Å². The van der Waals surface area contributed by atoms with Crippen molar-refractivity contribution in [2.75, 3.05) is 7.05 Å². The van der Waals surface area contributed by atoms with E-state index in [0.717, 1.165) is 19.3 Å². The summed E-state index contributed by atoms with van der Waals surface area (Å²) in [5.41, 5.74) is 0. The van der Waals surface area contributed by atoms with Crippen LogP contribution in [0.5, 0.6) is 0 Å². The van der Waals surface area contributed by atoms with Crippen molar-refractivity contribution in [1.82, 2.24) is 5.01 Å². The zero-order valence-electron chi connectivity index (χ0n) is 14.7. The van der Waals surface area contributed by atoms with Gasteiger partial charge in [0.05, 0.1) is 6.04 Å². The zero-order chi connectivity index (χ0) is 15.9. The van der Waals surface area contributed by atoms with Gasteiger partial charge in [0.1, 0.15) is 0 Å². The van der Waals surface area contributed by atoms with Gasteiger partial charge in [-0.3, -0.25) is 10.6 Å². The maximum absolute atomic E-state index is 12.3. The van der Waals surface area contributed by atoms with Crippen molar-refractivity contribution in [2.45, 2.75) is 103 Å². The molecule has 0 radical (unpaired) electrons. The van der Waals surface area contributed by atoms with Crippen LogP contribution in [0.3, 0.4) is 0 Å². The molecule has 3 heteroatoms. The first-order valence-electron chi connectivity index (χ1n) is 9.13. The highest BCUT2D eigenvalue weighted by Gasteiger charge is 2.19. The van der Waals surface area contributed by atoms with Gasteiger partial charge in [0.2, 0.25) is 0 Å². The van der Waals surface area contributed by atoms with E-state index in [4.69, 9.17) is 5.84 Å². The molecule has 1 atom stereocenters. The second-order valence-corrected chi connectivity index (χ2v) is 6.37. The van der Waals surface area contributed by atoms with Gasteiger partial charge in [0, 0.05) is 13.5 Å². The van der Waals surface area contributed by atoms with Crippen molar-refractivity contribution in [1.29, 1.82) is 0 Å². The van der Waals surface area contributed by atoms with Gasteiger partial charge in [0.15, 0.2) is 5.78 Å². The molecule has 0 spiro atoms. The van der Waals surface area contributed by atoms with Gasteiger partial charge in [-0.05, 0) is 12.8 Å². The number of hydrazine groups is 1. The van der Waals surface area contributed by atoms with Gasteiger partial charge in [-0.25, -0.2) is 5.01 Å². The first kappa shape index (κ1) is 20.6. The summed E-state index contributed by atoms with van der Waals surface area (Å²) in [4.78, 5) is 12.3. The van der Waals surface area contributed by atoms with E-state index in [1.54, 1.807) is 5.01 Å². The Labute approximate surface area is 132 Å². The Kier molecular flexibility index (Phi) is 14.2. The van der Waals surface area contributed by atoms with Crippen LogP contribution in [0.25, 0.3) is 0 Å². The van der Waals surface area contributed by atoms with Crippen LogP contribution >= 0.6 is 0 Å². The lowest BCUT2D eigenvalue weighted by Gasteiger charge is -2.22. The summed E-state index contributed by atoms with van der Waals surface area (Å²) in [6.45, 7) is 4.45. The SMILES string of the molecule is CCCCCCCCC(C(=O)CCCCCCC)N(C)N. The Bertz CT molecular complexity index is 241. The molecule has 0 aliphatic heterocycles. The lowest BCUT2D eigenvalue weighted by atomic mass is 9.99. The third-order valence-electron chi connectivity index (χ3n) is 4.22. The first-order chi connectivity index (χ1) is 10.1. The summed E-state index contributed by atoms with van der Waals surface area (Å²) in [7, 11) is 1.83. The quantitative estimate of drug-likeness (QED) is 0.267. The molecule has 0 heterocycles. The third kappa shape index (κ3) is 11.9. The van der Waals surface area contributed by atoms with Gasteiger partial charge in [-0.15, -0.1) is 0 Å². The third-order valence-corrected chi connectivity index (χ3v) is 4.22. The minimum absolute atomic E-state index is 0.0673. The minimum Gasteiger partial charge on any atom is -0.298 e. The average molecular weight is 299 g/mol. The lowest BCUT2D eigenvalue weighted by molar-refractivity contribution is -0.124. The molecular formula is C18H38N2O. The highest BCUT2D eigenvalue weighted by molar-refractivity contribution is 5.83. The minimum atomic E-state index is -0.0673. The molecule has 0 aromatic carbocycles. The van der Waals surface area contributed by atoms with Crippen LogP contribution in [0.2, 0.25) is 0 Å². The fourth-order valence-corrected chi connectivity index (χ4v) is 2.78. The average Bonchev–Trinajstić information content (AvgIpc) is 2.45. The van der Waals surface area contributed by atoms with Gasteiger partial charge < -0.3 is 0 Å². The summed E-state index contributed by atoms with van der Waals surface area (Å²) < 4.78 is 0. The normalized spacial score (nSPS) is 12.8. The molecule has 0 aliphatic carbocycles. The zero-order valence-corrected chi connectivity index (χ0v) is 14.7. The standard InChI is InChI=1S/C18H38N2O/c1-4-6-8-10-12-13-15-17(20(3)19)18(21)16-14-11-9-7-5-2/h17H,4-16,19H2,1-3H3. The van der Waals surface area contributed by atoms with E-state index in [-0.39, 0.29) is 6.04 Å². The van der Waals surface area contributed by atoms with Gasteiger partial charge in [-0.2, -0.15) is 0 Å². The van der Waals surface area contributed by atoms with Crippen LogP contribution in [0.15, 0.2) is 0 Å². The van der Waals surface area contributed by atoms with Gasteiger partial charge in [0.25, 0.3) is 0 Å². The number of nitrogens with zero attached hydrogens (tertiary/aromatic N) is 1. The van der Waals surface area contributed by atoms with Gasteiger partial charge in [-0.1, -0.05) is 78.1 Å². The molecule has 2 N–H and O–H groups in total. The summed E-state index contributed by atoms with van der Waals surface area (Å²) in [6.07, 6.45) is 15.2. The molecule has 0 aliphatic rings. The van der Waals surface area contributed by atoms with E-state index in [1.807, 2.05) is 7.05 Å². The summed E-state index contributed by atoms with van der Waals surface area (Å²) in [6, 6.07) is -0.0673. The fourth-order valence-electron chi connectivity index (χ4n) is 2.78. The van der Waals surface area contributed by atoms with E-state index in [9.17, 15) is 4.79 Å². The molecule has 21 heavy (non-hydrogen) atoms. The Morgan fingerprint density at radius 1 is 0.857 bits per heavy atom. The Hall–Kier alpha value is -0.410. The van der Waals surface area contributed by atoms with Crippen molar-refractivity contribution >= 4 is 5.78 Å². The van der Waals surface area contributed by atoms with Crippen LogP contribution < -0.4 is 5.84 Å². The van der Waals surface area contributed by atoms with E-state index in [2.05, 4.69) is 13.8 Å². The monoisotopic (exact) mass is 298 g/mol. The summed E-state index contributed by atoms with van der Waals surface area (Å²) in [5.74, 6) is 6.20. The lowest BCUT2D eigenvalue weighted by Crippen LogP contribution is -2.43. The van der Waals surface area contributed by atoms with Crippen molar-refractivity contribution < 1.29 is 4.79 Å². The largest absolute Gasteiger partial charge is 0.298 e. The van der Waals surface area contributed by atoms with Crippen LogP contribution in [-0.2, 0) is 4.79 Å². The molecular weight excluding hydrogens is 260 g/mol. The highest BCUT2D eigenvalue weighted by atomic mass is 16.1. The maximum atomic E-state index is 12.3. The summed E-state index contributed by atoms with van der Waals surface area (Å²) >= 11 is 0. The number of hydrogen-bond donors (Lipinski definition) is 1. The predicted octanol–water partition coefficient (Wildman–Crippen LogP) is 4.84. The van der Waals surface area contributed by atoms with Crippen molar-refractivity contribution in [2.24, 2.45) is 5.84 Å². The van der Waals surface area contributed by atoms with Crippen LogP contribution in [0.1, 0.15) is 97.3 Å². The maximum Gasteiger partial charge on any atom is 0.151 e. The van der Waals surface area contributed by atoms with Crippen LogP contribution in [-0.4, -0.2) is 23.9 Å². The number of Topliss-reactive ketones (excluding diaryl/α,β-unsaturated/α-hetero) is 1. The van der Waals surface area contributed by atoms with E-state index in [0.29, 0.717) is 12.2 Å². The Morgan fingerprint density at radius 3 is 1.86 bits per heavy atom. The Morgan fingerprint density at radius 2 is 1.33 bits per heavy atom. The molecule has 0 aromatic rings. The van der Waals surface area contributed by atoms with Gasteiger partial charge >= 0.3 is 0 Å². The number of nitrogens with two attached hydrogens (primary N) is 1. The topological polar surface area (TPSA) is 46.3 Å². The van der Waals surface area contributed by atoms with Crippen molar-refractivity contribution in [3.05, 3.63) is 0 Å². The molecule has 3 nitrogen and oxygen atoms in total. The molecule has 0 rings (SSSR count). The fraction of sp³-hybridized carbons (Fsp3) is 0.944. The number of likely N-dealkylation sites (N-methyl/N-ethyl adjacent to an activating group) is 1. The number of ketones is 1. The second-order valence-electron chi connectivity index (χ2n) is 6.37. The van der Waals surface area contributed by atoms with Crippen molar-refractivity contribution in [3.8, 4) is 0 Å². The van der Waals surface area contributed by atoms with Crippen molar-refractivity contribution in [3.63, 3.8) is 0 Å². The van der Waals surface area contributed by atoms with E-state index in [1.165, 1.54) is 57.8 Å². The molecule has 126 valence electrons. The smallest absolute Gasteiger partial charge is 0.151 e. The number of unbranched alkanes of at least 4 members (excludes halogenated alkanes) is 9. The Balaban J connectivity index is 3.80. The molecule has 0 saturated carbocycles. The number of hydrogen-bond acceptors (Lipinski definition) is 3. The molecule has 0 bridgehead atoms. The van der Waals surface area contributed by atoms with Crippen LogP contribution in [0, 0.1) is 0 Å². The first-order valence-corrected chi connectivity index (χ1v) is 9.13. The molecule has 0 aromatic heterocycles. The number of carbonyl (C=O) groups is 1. The molecule has 0 amide bonds. The number of rotatable bonds is 15. The second kappa shape index (κ2) is 14.5. The van der Waals surface area contributed by atoms with Crippen LogP contribution in [0.4, 0.5) is 0 Å². The predicted molar refractivity (Wildman–Crippen MR) is 92.1 cm³/mol. The highest BCUT2D eigenvalue weighted by Crippen LogP contribution is 2.14. The molecule has 0 fully saturated rings. The van der Waals surface area contributed by atoms with E-state index >= 15 is 0 Å². The summed E-state index contributed by atoms with van der Waals surface area (Å²) in [5, 5.41) is 1.63.